The van der Waals surface area contributed by atoms with Gasteiger partial charge in [0.25, 0.3) is 0 Å². The number of imidazole rings is 1. The number of unbranched alkanes of at least 4 members (excludes halogenated alkanes) is 3. The average Bonchev–Trinajstić information content (AvgIpc) is 2.89. The summed E-state index contributed by atoms with van der Waals surface area (Å²) in [5.41, 5.74) is 7.44. The summed E-state index contributed by atoms with van der Waals surface area (Å²) in [6.45, 7) is 1.37. The van der Waals surface area contributed by atoms with E-state index in [9.17, 15) is 4.79 Å². The van der Waals surface area contributed by atoms with Crippen molar-refractivity contribution in [3.63, 3.8) is 0 Å². The Morgan fingerprint density at radius 1 is 1.19 bits per heavy atom. The van der Waals surface area contributed by atoms with Crippen LogP contribution in [0.25, 0.3) is 11.0 Å². The van der Waals surface area contributed by atoms with Crippen LogP contribution >= 0.6 is 0 Å². The lowest BCUT2D eigenvalue weighted by molar-refractivity contribution is -0.121. The Bertz CT molecular complexity index is 531. The second-order valence-corrected chi connectivity index (χ2v) is 5.25. The first-order valence-corrected chi connectivity index (χ1v) is 7.70. The molecule has 0 bridgehead atoms. The molecule has 21 heavy (non-hydrogen) atoms. The van der Waals surface area contributed by atoms with Gasteiger partial charge in [-0.3, -0.25) is 4.79 Å². The Morgan fingerprint density at radius 2 is 2.00 bits per heavy atom. The molecular formula is C16H24N4O. The third-order valence-electron chi connectivity index (χ3n) is 3.48. The molecule has 4 N–H and O–H groups in total. The van der Waals surface area contributed by atoms with Crippen molar-refractivity contribution < 1.29 is 4.79 Å². The van der Waals surface area contributed by atoms with Crippen LogP contribution in [0.15, 0.2) is 24.3 Å². The van der Waals surface area contributed by atoms with Gasteiger partial charge in [-0.15, -0.1) is 0 Å². The number of carbonyl (C=O) groups is 1. The number of H-pyrrole nitrogens is 1. The quantitative estimate of drug-likeness (QED) is 0.618. The molecule has 0 radical (unpaired) electrons. The summed E-state index contributed by atoms with van der Waals surface area (Å²) in [4.78, 5) is 19.4. The van der Waals surface area contributed by atoms with Crippen molar-refractivity contribution in [1.29, 1.82) is 0 Å². The number of nitrogens with one attached hydrogen (secondary N) is 2. The smallest absolute Gasteiger partial charge is 0.220 e. The van der Waals surface area contributed by atoms with E-state index in [0.717, 1.165) is 55.5 Å². The number of amides is 1. The number of fused-ring (bicyclic) bond motifs is 1. The average molecular weight is 288 g/mol. The summed E-state index contributed by atoms with van der Waals surface area (Å²) < 4.78 is 0. The van der Waals surface area contributed by atoms with Crippen molar-refractivity contribution in [2.45, 2.75) is 38.5 Å². The van der Waals surface area contributed by atoms with Gasteiger partial charge < -0.3 is 16.0 Å². The first-order chi connectivity index (χ1) is 10.3. The maximum atomic E-state index is 11.7. The van der Waals surface area contributed by atoms with Crippen LogP contribution in [0.5, 0.6) is 0 Å². The molecule has 0 spiro atoms. The van der Waals surface area contributed by atoms with Crippen molar-refractivity contribution in [2.24, 2.45) is 5.73 Å². The molecular weight excluding hydrogens is 264 g/mol. The summed E-state index contributed by atoms with van der Waals surface area (Å²) in [5, 5.41) is 2.94. The molecule has 0 saturated carbocycles. The van der Waals surface area contributed by atoms with Crippen molar-refractivity contribution in [3.8, 4) is 0 Å². The lowest BCUT2D eigenvalue weighted by Crippen LogP contribution is -2.25. The van der Waals surface area contributed by atoms with Crippen LogP contribution in [0.4, 0.5) is 0 Å². The van der Waals surface area contributed by atoms with E-state index in [4.69, 9.17) is 5.73 Å². The van der Waals surface area contributed by atoms with Gasteiger partial charge in [0.05, 0.1) is 11.0 Å². The number of para-hydroxylation sites is 2. The van der Waals surface area contributed by atoms with Gasteiger partial charge in [-0.05, 0) is 31.5 Å². The molecule has 114 valence electrons. The van der Waals surface area contributed by atoms with Crippen LogP contribution in [-0.4, -0.2) is 29.0 Å². The minimum absolute atomic E-state index is 0.124. The number of nitrogens with zero attached hydrogens (tertiary/aromatic N) is 1. The highest BCUT2D eigenvalue weighted by atomic mass is 16.1. The Hall–Kier alpha value is -1.88. The van der Waals surface area contributed by atoms with E-state index >= 15 is 0 Å². The number of benzene rings is 1. The molecule has 0 aliphatic carbocycles. The minimum Gasteiger partial charge on any atom is -0.356 e. The second kappa shape index (κ2) is 8.42. The predicted octanol–water partition coefficient (Wildman–Crippen LogP) is 2.13. The number of carbonyl (C=O) groups excluding carboxylic acids is 1. The SMILES string of the molecule is NCCCCCCC(=O)NCCc1nc2ccccc2[nH]1. The van der Waals surface area contributed by atoms with Crippen LogP contribution in [0.3, 0.4) is 0 Å². The summed E-state index contributed by atoms with van der Waals surface area (Å²) in [7, 11) is 0. The molecule has 0 saturated heterocycles. The fourth-order valence-corrected chi connectivity index (χ4v) is 2.32. The van der Waals surface area contributed by atoms with E-state index in [-0.39, 0.29) is 5.91 Å². The van der Waals surface area contributed by atoms with Gasteiger partial charge in [0.2, 0.25) is 5.91 Å². The van der Waals surface area contributed by atoms with Gasteiger partial charge in [0, 0.05) is 19.4 Å². The normalized spacial score (nSPS) is 10.9. The summed E-state index contributed by atoms with van der Waals surface area (Å²) in [6, 6.07) is 7.94. The van der Waals surface area contributed by atoms with Crippen LogP contribution in [0, 0.1) is 0 Å². The van der Waals surface area contributed by atoms with Gasteiger partial charge in [-0.25, -0.2) is 4.98 Å². The lowest BCUT2D eigenvalue weighted by Gasteiger charge is -2.04. The van der Waals surface area contributed by atoms with Crippen molar-refractivity contribution in [2.75, 3.05) is 13.1 Å². The van der Waals surface area contributed by atoms with Crippen LogP contribution < -0.4 is 11.1 Å². The fourth-order valence-electron chi connectivity index (χ4n) is 2.32. The second-order valence-electron chi connectivity index (χ2n) is 5.25. The molecule has 0 unspecified atom stereocenters. The number of aromatic amines is 1. The van der Waals surface area contributed by atoms with E-state index in [1.807, 2.05) is 24.3 Å². The van der Waals surface area contributed by atoms with Gasteiger partial charge in [0.1, 0.15) is 5.82 Å². The topological polar surface area (TPSA) is 83.8 Å². The molecule has 1 amide bonds. The summed E-state index contributed by atoms with van der Waals surface area (Å²) in [6.07, 6.45) is 5.51. The Balaban J connectivity index is 1.63. The van der Waals surface area contributed by atoms with Gasteiger partial charge in [-0.1, -0.05) is 25.0 Å². The fraction of sp³-hybridized carbons (Fsp3) is 0.500. The van der Waals surface area contributed by atoms with E-state index in [1.165, 1.54) is 0 Å². The maximum absolute atomic E-state index is 11.7. The molecule has 0 atom stereocenters. The molecule has 0 aliphatic heterocycles. The van der Waals surface area contributed by atoms with Gasteiger partial charge in [-0.2, -0.15) is 0 Å². The Kier molecular flexibility index (Phi) is 6.22. The van der Waals surface area contributed by atoms with E-state index in [0.29, 0.717) is 13.0 Å². The minimum atomic E-state index is 0.124. The Labute approximate surface area is 125 Å². The number of rotatable bonds is 9. The highest BCUT2D eigenvalue weighted by Crippen LogP contribution is 2.10. The van der Waals surface area contributed by atoms with Gasteiger partial charge in [0.15, 0.2) is 0 Å². The monoisotopic (exact) mass is 288 g/mol. The zero-order valence-corrected chi connectivity index (χ0v) is 12.4. The zero-order valence-electron chi connectivity index (χ0n) is 12.4. The molecule has 5 heteroatoms. The summed E-state index contributed by atoms with van der Waals surface area (Å²) >= 11 is 0. The van der Waals surface area contributed by atoms with E-state index in [1.54, 1.807) is 0 Å². The standard InChI is InChI=1S/C16H24N4O/c17-11-6-2-1-3-9-16(21)18-12-10-15-19-13-7-4-5-8-14(13)20-15/h4-5,7-8H,1-3,6,9-12,17H2,(H,18,21)(H,19,20). The molecule has 1 aromatic heterocycles. The van der Waals surface area contributed by atoms with Gasteiger partial charge >= 0.3 is 0 Å². The number of hydrogen-bond donors (Lipinski definition) is 3. The summed E-state index contributed by atoms with van der Waals surface area (Å²) in [5.74, 6) is 1.04. The highest BCUT2D eigenvalue weighted by Gasteiger charge is 2.04. The molecule has 2 rings (SSSR count). The molecule has 1 aromatic carbocycles. The highest BCUT2D eigenvalue weighted by molar-refractivity contribution is 5.76. The van der Waals surface area contributed by atoms with Crippen molar-refractivity contribution in [1.82, 2.24) is 15.3 Å². The number of hydrogen-bond acceptors (Lipinski definition) is 3. The zero-order chi connectivity index (χ0) is 14.9. The molecule has 0 aliphatic rings. The molecule has 2 aromatic rings. The molecule has 1 heterocycles. The molecule has 0 fully saturated rings. The van der Waals surface area contributed by atoms with E-state index < -0.39 is 0 Å². The lowest BCUT2D eigenvalue weighted by atomic mass is 10.1. The van der Waals surface area contributed by atoms with Crippen molar-refractivity contribution in [3.05, 3.63) is 30.1 Å². The number of aromatic nitrogens is 2. The van der Waals surface area contributed by atoms with Crippen LogP contribution in [0.2, 0.25) is 0 Å². The first-order valence-electron chi connectivity index (χ1n) is 7.70. The third kappa shape index (κ3) is 5.19. The largest absolute Gasteiger partial charge is 0.356 e. The molecule has 5 nitrogen and oxygen atoms in total. The maximum Gasteiger partial charge on any atom is 0.220 e. The Morgan fingerprint density at radius 3 is 2.81 bits per heavy atom. The number of nitrogens with two attached hydrogens (primary N) is 1. The third-order valence-corrected chi connectivity index (χ3v) is 3.48. The van der Waals surface area contributed by atoms with Crippen molar-refractivity contribution >= 4 is 16.9 Å². The van der Waals surface area contributed by atoms with E-state index in [2.05, 4.69) is 15.3 Å². The van der Waals surface area contributed by atoms with Crippen LogP contribution in [-0.2, 0) is 11.2 Å². The predicted molar refractivity (Wildman–Crippen MR) is 84.9 cm³/mol. The van der Waals surface area contributed by atoms with Crippen LogP contribution in [0.1, 0.15) is 37.9 Å². The first kappa shape index (κ1) is 15.5.